The first-order valence-electron chi connectivity index (χ1n) is 5.49. The molecule has 1 rings (SSSR count). The lowest BCUT2D eigenvalue weighted by molar-refractivity contribution is -0.137. The average Bonchev–Trinajstić information content (AvgIpc) is 2.37. The Balaban J connectivity index is 2.44. The molecular formula is C12H12BrN3O3. The summed E-state index contributed by atoms with van der Waals surface area (Å²) in [5.41, 5.74) is 1.02. The lowest BCUT2D eigenvalue weighted by Crippen LogP contribution is -2.29. The number of hydrogen-bond donors (Lipinski definition) is 3. The average molecular weight is 326 g/mol. The van der Waals surface area contributed by atoms with Crippen LogP contribution < -0.4 is 10.6 Å². The number of carbonyl (C=O) groups excluding carboxylic acids is 1. The topological polar surface area (TPSA) is 102 Å². The number of amides is 2. The lowest BCUT2D eigenvalue weighted by Gasteiger charge is -2.08. The Bertz CT molecular complexity index is 525. The number of nitrogens with zero attached hydrogens (tertiary/aromatic N) is 1. The molecule has 0 saturated heterocycles. The van der Waals surface area contributed by atoms with E-state index in [0.717, 1.165) is 0 Å². The van der Waals surface area contributed by atoms with Gasteiger partial charge in [0.05, 0.1) is 17.3 Å². The summed E-state index contributed by atoms with van der Waals surface area (Å²) in [6.07, 6.45) is 0.387. The molecule has 100 valence electrons. The highest BCUT2D eigenvalue weighted by atomic mass is 79.9. The summed E-state index contributed by atoms with van der Waals surface area (Å²) in [5.74, 6) is -0.892. The quantitative estimate of drug-likeness (QED) is 0.723. The highest BCUT2D eigenvalue weighted by molar-refractivity contribution is 9.10. The highest BCUT2D eigenvalue weighted by Gasteiger charge is 2.06. The van der Waals surface area contributed by atoms with Crippen LogP contribution in [0.3, 0.4) is 0 Å². The number of hydrogen-bond acceptors (Lipinski definition) is 3. The fourth-order valence-corrected chi connectivity index (χ4v) is 1.77. The van der Waals surface area contributed by atoms with Crippen molar-refractivity contribution in [2.24, 2.45) is 0 Å². The smallest absolute Gasteiger partial charge is 0.319 e. The third kappa shape index (κ3) is 5.40. The van der Waals surface area contributed by atoms with Gasteiger partial charge < -0.3 is 15.7 Å². The van der Waals surface area contributed by atoms with E-state index >= 15 is 0 Å². The number of urea groups is 1. The van der Waals surface area contributed by atoms with Crippen molar-refractivity contribution >= 4 is 33.6 Å². The molecule has 0 aromatic heterocycles. The van der Waals surface area contributed by atoms with Gasteiger partial charge in [0.15, 0.2) is 0 Å². The maximum Gasteiger partial charge on any atom is 0.319 e. The van der Waals surface area contributed by atoms with E-state index in [0.29, 0.717) is 22.1 Å². The van der Waals surface area contributed by atoms with Crippen molar-refractivity contribution in [3.8, 4) is 6.07 Å². The molecule has 0 unspecified atom stereocenters. The van der Waals surface area contributed by atoms with Gasteiger partial charge in [-0.2, -0.15) is 5.26 Å². The van der Waals surface area contributed by atoms with E-state index in [9.17, 15) is 9.59 Å². The molecule has 1 aromatic carbocycles. The molecule has 0 saturated carbocycles. The summed E-state index contributed by atoms with van der Waals surface area (Å²) < 4.78 is 0.604. The monoisotopic (exact) mass is 325 g/mol. The van der Waals surface area contributed by atoms with Crippen LogP contribution >= 0.6 is 15.9 Å². The van der Waals surface area contributed by atoms with Gasteiger partial charge in [0.1, 0.15) is 0 Å². The van der Waals surface area contributed by atoms with E-state index in [1.807, 2.05) is 6.07 Å². The molecule has 0 bridgehead atoms. The van der Waals surface area contributed by atoms with Gasteiger partial charge in [-0.1, -0.05) is 0 Å². The molecular weight excluding hydrogens is 314 g/mol. The SMILES string of the molecule is N#Cc1ccc(NC(=O)NCCCC(=O)O)c(Br)c1. The molecule has 0 spiro atoms. The van der Waals surface area contributed by atoms with Crippen LogP contribution in [0.2, 0.25) is 0 Å². The van der Waals surface area contributed by atoms with Crippen LogP contribution in [-0.4, -0.2) is 23.7 Å². The van der Waals surface area contributed by atoms with Gasteiger partial charge in [-0.05, 0) is 40.5 Å². The van der Waals surface area contributed by atoms with E-state index in [-0.39, 0.29) is 13.0 Å². The number of halogens is 1. The van der Waals surface area contributed by atoms with Crippen LogP contribution in [0, 0.1) is 11.3 Å². The van der Waals surface area contributed by atoms with Gasteiger partial charge in [-0.15, -0.1) is 0 Å². The predicted octanol–water partition coefficient (Wildman–Crippen LogP) is 2.31. The minimum absolute atomic E-state index is 0.0147. The zero-order valence-electron chi connectivity index (χ0n) is 9.94. The van der Waals surface area contributed by atoms with Gasteiger partial charge in [0, 0.05) is 17.4 Å². The first-order valence-corrected chi connectivity index (χ1v) is 6.28. The summed E-state index contributed by atoms with van der Waals surface area (Å²) in [4.78, 5) is 21.8. The van der Waals surface area contributed by atoms with Crippen molar-refractivity contribution < 1.29 is 14.7 Å². The molecule has 0 radical (unpaired) electrons. The molecule has 2 amide bonds. The second-order valence-corrected chi connectivity index (χ2v) is 4.54. The second kappa shape index (κ2) is 7.38. The van der Waals surface area contributed by atoms with Crippen molar-refractivity contribution in [2.75, 3.05) is 11.9 Å². The van der Waals surface area contributed by atoms with Gasteiger partial charge in [-0.25, -0.2) is 4.79 Å². The Morgan fingerprint density at radius 1 is 1.42 bits per heavy atom. The molecule has 0 fully saturated rings. The standard InChI is InChI=1S/C12H12BrN3O3/c13-9-6-8(7-14)3-4-10(9)16-12(19)15-5-1-2-11(17)18/h3-4,6H,1-2,5H2,(H,17,18)(H2,15,16,19). The Labute approximate surface area is 118 Å². The van der Waals surface area contributed by atoms with Crippen molar-refractivity contribution in [3.05, 3.63) is 28.2 Å². The Hall–Kier alpha value is -2.07. The molecule has 0 aliphatic carbocycles. The van der Waals surface area contributed by atoms with E-state index in [2.05, 4.69) is 26.6 Å². The van der Waals surface area contributed by atoms with Crippen molar-refractivity contribution in [1.29, 1.82) is 5.26 Å². The number of anilines is 1. The Morgan fingerprint density at radius 2 is 2.16 bits per heavy atom. The van der Waals surface area contributed by atoms with Gasteiger partial charge in [0.25, 0.3) is 0 Å². The van der Waals surface area contributed by atoms with E-state index in [1.165, 1.54) is 0 Å². The minimum atomic E-state index is -0.892. The first-order chi connectivity index (χ1) is 9.02. The summed E-state index contributed by atoms with van der Waals surface area (Å²) in [6, 6.07) is 6.36. The maximum atomic E-state index is 11.5. The van der Waals surface area contributed by atoms with Gasteiger partial charge in [-0.3, -0.25) is 4.79 Å². The van der Waals surface area contributed by atoms with E-state index < -0.39 is 12.0 Å². The fraction of sp³-hybridized carbons (Fsp3) is 0.250. The van der Waals surface area contributed by atoms with Crippen LogP contribution in [0.15, 0.2) is 22.7 Å². The molecule has 0 heterocycles. The zero-order valence-corrected chi connectivity index (χ0v) is 11.5. The maximum absolute atomic E-state index is 11.5. The summed E-state index contributed by atoms with van der Waals surface area (Å²) in [6.45, 7) is 0.284. The largest absolute Gasteiger partial charge is 0.481 e. The van der Waals surface area contributed by atoms with Crippen molar-refractivity contribution in [3.63, 3.8) is 0 Å². The third-order valence-electron chi connectivity index (χ3n) is 2.20. The lowest BCUT2D eigenvalue weighted by atomic mass is 10.2. The van der Waals surface area contributed by atoms with Gasteiger partial charge >= 0.3 is 12.0 Å². The predicted molar refractivity (Wildman–Crippen MR) is 72.7 cm³/mol. The van der Waals surface area contributed by atoms with Crippen LogP contribution in [0.5, 0.6) is 0 Å². The number of benzene rings is 1. The molecule has 1 aromatic rings. The highest BCUT2D eigenvalue weighted by Crippen LogP contribution is 2.23. The molecule has 0 aliphatic rings. The zero-order chi connectivity index (χ0) is 14.3. The molecule has 0 aliphatic heterocycles. The summed E-state index contributed by atoms with van der Waals surface area (Å²) in [5, 5.41) is 22.3. The summed E-state index contributed by atoms with van der Waals surface area (Å²) in [7, 11) is 0. The van der Waals surface area contributed by atoms with Crippen molar-refractivity contribution in [1.82, 2.24) is 5.32 Å². The normalized spacial score (nSPS) is 9.47. The number of nitrogens with one attached hydrogen (secondary N) is 2. The van der Waals surface area contributed by atoms with Crippen LogP contribution in [-0.2, 0) is 4.79 Å². The van der Waals surface area contributed by atoms with Crippen molar-refractivity contribution in [2.45, 2.75) is 12.8 Å². The molecule has 3 N–H and O–H groups in total. The Morgan fingerprint density at radius 3 is 2.74 bits per heavy atom. The number of carbonyl (C=O) groups is 2. The number of aliphatic carboxylic acids is 1. The van der Waals surface area contributed by atoms with Crippen LogP contribution in [0.25, 0.3) is 0 Å². The number of carboxylic acids is 1. The van der Waals surface area contributed by atoms with E-state index in [1.54, 1.807) is 18.2 Å². The number of carboxylic acid groups (broad SMARTS) is 1. The van der Waals surface area contributed by atoms with Crippen LogP contribution in [0.4, 0.5) is 10.5 Å². The second-order valence-electron chi connectivity index (χ2n) is 3.68. The molecule has 6 nitrogen and oxygen atoms in total. The minimum Gasteiger partial charge on any atom is -0.481 e. The molecule has 7 heteroatoms. The van der Waals surface area contributed by atoms with Crippen LogP contribution in [0.1, 0.15) is 18.4 Å². The Kier molecular flexibility index (Phi) is 5.82. The number of rotatable bonds is 5. The fourth-order valence-electron chi connectivity index (χ4n) is 1.29. The third-order valence-corrected chi connectivity index (χ3v) is 2.86. The molecule has 19 heavy (non-hydrogen) atoms. The molecule has 0 atom stereocenters. The van der Waals surface area contributed by atoms with E-state index in [4.69, 9.17) is 10.4 Å². The first kappa shape index (κ1) is 15.0. The summed E-state index contributed by atoms with van der Waals surface area (Å²) >= 11 is 3.25. The number of nitriles is 1. The van der Waals surface area contributed by atoms with Gasteiger partial charge in [0.2, 0.25) is 0 Å².